The van der Waals surface area contributed by atoms with Crippen molar-refractivity contribution in [1.82, 2.24) is 5.32 Å². The molecule has 3 rings (SSSR count). The average Bonchev–Trinajstić information content (AvgIpc) is 3.12. The van der Waals surface area contributed by atoms with Crippen LogP contribution in [0.15, 0.2) is 46.6 Å². The summed E-state index contributed by atoms with van der Waals surface area (Å²) in [6.07, 6.45) is -0.000150. The first-order valence-electron chi connectivity index (χ1n) is 9.69. The highest BCUT2D eigenvalue weighted by molar-refractivity contribution is 8.15. The average molecular weight is 475 g/mol. The van der Waals surface area contributed by atoms with Crippen LogP contribution in [0.4, 0.5) is 5.69 Å². The van der Waals surface area contributed by atoms with E-state index >= 15 is 0 Å². The number of methoxy groups -OCH3 is 2. The van der Waals surface area contributed by atoms with Crippen molar-refractivity contribution in [1.29, 1.82) is 0 Å². The number of amidine groups is 1. The molecule has 2 aromatic rings. The van der Waals surface area contributed by atoms with E-state index in [4.69, 9.17) is 21.1 Å². The molecule has 0 spiro atoms. The molecular weight excluding hydrogens is 452 g/mol. The zero-order valence-corrected chi connectivity index (χ0v) is 19.6. The minimum atomic E-state index is -0.593. The van der Waals surface area contributed by atoms with Gasteiger partial charge in [0, 0.05) is 22.7 Å². The molecule has 2 N–H and O–H groups in total. The van der Waals surface area contributed by atoms with E-state index in [1.807, 2.05) is 19.1 Å². The topological polar surface area (TPSA) is 101 Å². The molecule has 1 atom stereocenters. The van der Waals surface area contributed by atoms with E-state index in [0.717, 1.165) is 11.1 Å². The van der Waals surface area contributed by atoms with Gasteiger partial charge in [-0.05, 0) is 49.7 Å². The summed E-state index contributed by atoms with van der Waals surface area (Å²) >= 11 is 7.16. The number of rotatable bonds is 7. The molecule has 2 amide bonds. The van der Waals surface area contributed by atoms with Gasteiger partial charge in [0.25, 0.3) is 0 Å². The van der Waals surface area contributed by atoms with E-state index in [0.29, 0.717) is 33.1 Å². The Hall–Kier alpha value is -3.04. The van der Waals surface area contributed by atoms with Gasteiger partial charge in [-0.25, -0.2) is 0 Å². The van der Waals surface area contributed by atoms with Crippen LogP contribution in [0.25, 0.3) is 0 Å². The van der Waals surface area contributed by atoms with Crippen LogP contribution in [0.1, 0.15) is 24.5 Å². The minimum absolute atomic E-state index is 0.000150. The Labute approximate surface area is 195 Å². The van der Waals surface area contributed by atoms with Crippen molar-refractivity contribution in [3.05, 3.63) is 52.5 Å². The quantitative estimate of drug-likeness (QED) is 0.466. The molecule has 0 radical (unpaired) electrons. The molecule has 1 aliphatic rings. The zero-order chi connectivity index (χ0) is 23.3. The second-order valence-corrected chi connectivity index (χ2v) is 8.60. The maximum Gasteiger partial charge on any atom is 0.240 e. The SMILES string of the molecule is COc1ccc(/C(C)=N/N=C2/NC(=O)C(CC(=O)Nc3cc(Cl)ccc3C)S2)cc1OC. The molecule has 0 saturated carbocycles. The van der Waals surface area contributed by atoms with Crippen LogP contribution in [-0.2, 0) is 9.59 Å². The van der Waals surface area contributed by atoms with Gasteiger partial charge in [0.05, 0.1) is 19.9 Å². The summed E-state index contributed by atoms with van der Waals surface area (Å²) in [5, 5.41) is 14.1. The summed E-state index contributed by atoms with van der Waals surface area (Å²) in [5.41, 5.74) is 2.93. The van der Waals surface area contributed by atoms with Gasteiger partial charge in [0.2, 0.25) is 11.8 Å². The van der Waals surface area contributed by atoms with Crippen LogP contribution in [0.5, 0.6) is 11.5 Å². The van der Waals surface area contributed by atoms with E-state index in [9.17, 15) is 9.59 Å². The summed E-state index contributed by atoms with van der Waals surface area (Å²) in [6, 6.07) is 10.7. The molecule has 1 heterocycles. The standard InChI is InChI=1S/C22H23ClN4O4S/c1-12-5-7-15(23)10-16(12)24-20(28)11-19-21(29)25-22(32-19)27-26-13(2)14-6-8-17(30-3)18(9-14)31-4/h5-10,19H,11H2,1-4H3,(H,24,28)(H,25,27,29)/b26-13+. The molecule has 0 aromatic heterocycles. The molecule has 10 heteroatoms. The van der Waals surface area contributed by atoms with Crippen LogP contribution in [0.3, 0.4) is 0 Å². The summed E-state index contributed by atoms with van der Waals surface area (Å²) < 4.78 is 10.5. The lowest BCUT2D eigenvalue weighted by Crippen LogP contribution is -2.28. The Balaban J connectivity index is 1.64. The van der Waals surface area contributed by atoms with E-state index in [2.05, 4.69) is 20.8 Å². The first kappa shape index (κ1) is 23.6. The predicted molar refractivity (Wildman–Crippen MR) is 128 cm³/mol. The number of nitrogens with zero attached hydrogens (tertiary/aromatic N) is 2. The Morgan fingerprint density at radius 1 is 1.19 bits per heavy atom. The highest BCUT2D eigenvalue weighted by Gasteiger charge is 2.32. The van der Waals surface area contributed by atoms with Gasteiger partial charge in [-0.3, -0.25) is 9.59 Å². The Kier molecular flexibility index (Phi) is 7.76. The second-order valence-electron chi connectivity index (χ2n) is 6.97. The number of carbonyl (C=O) groups is 2. The fourth-order valence-electron chi connectivity index (χ4n) is 2.92. The molecule has 1 fully saturated rings. The zero-order valence-electron chi connectivity index (χ0n) is 18.1. The first-order valence-corrected chi connectivity index (χ1v) is 10.9. The summed E-state index contributed by atoms with van der Waals surface area (Å²) in [5.74, 6) is 0.625. The molecule has 1 aliphatic heterocycles. The van der Waals surface area contributed by atoms with E-state index in [1.165, 1.54) is 11.8 Å². The highest BCUT2D eigenvalue weighted by atomic mass is 35.5. The maximum absolute atomic E-state index is 12.4. The summed E-state index contributed by atoms with van der Waals surface area (Å²) in [6.45, 7) is 3.66. The number of thioether (sulfide) groups is 1. The Morgan fingerprint density at radius 3 is 2.66 bits per heavy atom. The Morgan fingerprint density at radius 2 is 1.94 bits per heavy atom. The number of amides is 2. The van der Waals surface area contributed by atoms with Gasteiger partial charge in [-0.15, -0.1) is 5.10 Å². The smallest absolute Gasteiger partial charge is 0.240 e. The van der Waals surface area contributed by atoms with E-state index in [-0.39, 0.29) is 18.2 Å². The van der Waals surface area contributed by atoms with Crippen molar-refractivity contribution in [3.8, 4) is 11.5 Å². The summed E-state index contributed by atoms with van der Waals surface area (Å²) in [7, 11) is 3.13. The lowest BCUT2D eigenvalue weighted by atomic mass is 10.1. The lowest BCUT2D eigenvalue weighted by molar-refractivity contribution is -0.122. The van der Waals surface area contributed by atoms with Gasteiger partial charge >= 0.3 is 0 Å². The van der Waals surface area contributed by atoms with Crippen LogP contribution < -0.4 is 20.1 Å². The number of nitrogens with one attached hydrogen (secondary N) is 2. The normalized spacial score (nSPS) is 17.3. The third-order valence-electron chi connectivity index (χ3n) is 4.71. The molecule has 8 nitrogen and oxygen atoms in total. The van der Waals surface area contributed by atoms with Crippen LogP contribution in [0, 0.1) is 6.92 Å². The number of anilines is 1. The third-order valence-corrected chi connectivity index (χ3v) is 6.02. The van der Waals surface area contributed by atoms with Crippen molar-refractivity contribution < 1.29 is 19.1 Å². The van der Waals surface area contributed by atoms with Crippen molar-refractivity contribution in [2.75, 3.05) is 19.5 Å². The van der Waals surface area contributed by atoms with Crippen molar-refractivity contribution in [3.63, 3.8) is 0 Å². The Bertz CT molecular complexity index is 1100. The molecule has 1 saturated heterocycles. The second kappa shape index (κ2) is 10.5. The van der Waals surface area contributed by atoms with Gasteiger partial charge in [0.1, 0.15) is 5.25 Å². The fourth-order valence-corrected chi connectivity index (χ4v) is 4.01. The molecule has 2 aromatic carbocycles. The largest absolute Gasteiger partial charge is 0.493 e. The number of carbonyl (C=O) groups excluding carboxylic acids is 2. The first-order chi connectivity index (χ1) is 15.3. The van der Waals surface area contributed by atoms with Gasteiger partial charge in [-0.2, -0.15) is 5.10 Å². The number of hydrogen-bond acceptors (Lipinski definition) is 7. The molecule has 0 bridgehead atoms. The molecule has 32 heavy (non-hydrogen) atoms. The molecule has 1 unspecified atom stereocenters. The van der Waals surface area contributed by atoms with Gasteiger partial charge in [-0.1, -0.05) is 29.4 Å². The molecule has 168 valence electrons. The van der Waals surface area contributed by atoms with Crippen molar-refractivity contribution in [2.24, 2.45) is 10.2 Å². The minimum Gasteiger partial charge on any atom is -0.493 e. The number of benzene rings is 2. The highest BCUT2D eigenvalue weighted by Crippen LogP contribution is 2.28. The third kappa shape index (κ3) is 5.80. The van der Waals surface area contributed by atoms with Gasteiger partial charge in [0.15, 0.2) is 16.7 Å². The molecular formula is C22H23ClN4O4S. The number of halogens is 1. The number of hydrogen-bond donors (Lipinski definition) is 2. The predicted octanol–water partition coefficient (Wildman–Crippen LogP) is 4.01. The fraction of sp³-hybridized carbons (Fsp3) is 0.273. The summed E-state index contributed by atoms with van der Waals surface area (Å²) in [4.78, 5) is 24.7. The van der Waals surface area contributed by atoms with E-state index < -0.39 is 5.25 Å². The van der Waals surface area contributed by atoms with Gasteiger partial charge < -0.3 is 20.1 Å². The monoisotopic (exact) mass is 474 g/mol. The number of ether oxygens (including phenoxy) is 2. The van der Waals surface area contributed by atoms with Crippen LogP contribution in [-0.4, -0.2) is 42.2 Å². The van der Waals surface area contributed by atoms with Crippen LogP contribution >= 0.6 is 23.4 Å². The van der Waals surface area contributed by atoms with Crippen molar-refractivity contribution in [2.45, 2.75) is 25.5 Å². The lowest BCUT2D eigenvalue weighted by Gasteiger charge is -2.10. The van der Waals surface area contributed by atoms with E-state index in [1.54, 1.807) is 45.4 Å². The maximum atomic E-state index is 12.4. The van der Waals surface area contributed by atoms with Crippen molar-refractivity contribution >= 4 is 51.7 Å². The molecule has 0 aliphatic carbocycles. The number of aryl methyl sites for hydroxylation is 1. The van der Waals surface area contributed by atoms with Crippen LogP contribution in [0.2, 0.25) is 5.02 Å².